The van der Waals surface area contributed by atoms with Crippen LogP contribution in [-0.4, -0.2) is 28.3 Å². The molecule has 1 N–H and O–H groups in total. The third-order valence-corrected chi connectivity index (χ3v) is 5.31. The highest BCUT2D eigenvalue weighted by molar-refractivity contribution is 6.34. The first-order chi connectivity index (χ1) is 15.7. The van der Waals surface area contributed by atoms with Gasteiger partial charge in [0.05, 0.1) is 22.1 Å². The van der Waals surface area contributed by atoms with Crippen molar-refractivity contribution < 1.29 is 14.3 Å². The van der Waals surface area contributed by atoms with E-state index in [0.717, 1.165) is 22.5 Å². The first-order valence-electron chi connectivity index (χ1n) is 10.2. The molecule has 0 bridgehead atoms. The predicted octanol–water partition coefficient (Wildman–Crippen LogP) is 4.85. The van der Waals surface area contributed by atoms with Crippen LogP contribution in [0.25, 0.3) is 11.8 Å². The summed E-state index contributed by atoms with van der Waals surface area (Å²) in [6, 6.07) is 15.0. The largest absolute Gasteiger partial charge is 0.451 e. The van der Waals surface area contributed by atoms with Crippen LogP contribution in [0.2, 0.25) is 5.02 Å². The van der Waals surface area contributed by atoms with Crippen LogP contribution in [0.4, 0.5) is 5.69 Å². The number of hydrogen-bond acceptors (Lipinski definition) is 5. The molecule has 0 aliphatic rings. The Labute approximate surface area is 197 Å². The lowest BCUT2D eigenvalue weighted by atomic mass is 10.1. The minimum absolute atomic E-state index is 0.230. The number of nitrogens with zero attached hydrogens (tertiary/aromatic N) is 3. The number of carbonyl (C=O) groups excluding carboxylic acids is 2. The van der Waals surface area contributed by atoms with E-state index in [4.69, 9.17) is 16.3 Å². The zero-order valence-corrected chi connectivity index (χ0v) is 19.5. The molecule has 0 unspecified atom stereocenters. The summed E-state index contributed by atoms with van der Waals surface area (Å²) >= 11 is 6.20. The van der Waals surface area contributed by atoms with Crippen LogP contribution in [0, 0.1) is 39.0 Å². The van der Waals surface area contributed by atoms with Gasteiger partial charge >= 0.3 is 5.97 Å². The Morgan fingerprint density at radius 1 is 1.18 bits per heavy atom. The average Bonchev–Trinajstić information content (AvgIpc) is 3.06. The number of carbonyl (C=O) groups is 2. The van der Waals surface area contributed by atoms with Crippen molar-refractivity contribution in [3.63, 3.8) is 0 Å². The van der Waals surface area contributed by atoms with Gasteiger partial charge in [-0.1, -0.05) is 35.9 Å². The van der Waals surface area contributed by atoms with Crippen molar-refractivity contribution in [3.05, 3.63) is 81.1 Å². The second-order valence-corrected chi connectivity index (χ2v) is 7.97. The molecule has 8 heteroatoms. The smallest absolute Gasteiger partial charge is 0.349 e. The van der Waals surface area contributed by atoms with Crippen molar-refractivity contribution in [2.45, 2.75) is 27.7 Å². The van der Waals surface area contributed by atoms with E-state index in [9.17, 15) is 14.9 Å². The molecular formula is C25H23ClN4O3. The van der Waals surface area contributed by atoms with Gasteiger partial charge in [-0.25, -0.2) is 9.48 Å². The van der Waals surface area contributed by atoms with Crippen molar-refractivity contribution in [2.24, 2.45) is 0 Å². The summed E-state index contributed by atoms with van der Waals surface area (Å²) in [4.78, 5) is 24.7. The number of esters is 1. The Morgan fingerprint density at radius 3 is 2.52 bits per heavy atom. The zero-order chi connectivity index (χ0) is 24.1. The van der Waals surface area contributed by atoms with Gasteiger partial charge in [0.25, 0.3) is 5.91 Å². The fourth-order valence-electron chi connectivity index (χ4n) is 3.42. The van der Waals surface area contributed by atoms with Gasteiger partial charge in [0.2, 0.25) is 0 Å². The first kappa shape index (κ1) is 23.8. The fourth-order valence-corrected chi connectivity index (χ4v) is 3.79. The van der Waals surface area contributed by atoms with Crippen LogP contribution in [0.3, 0.4) is 0 Å². The average molecular weight is 463 g/mol. The van der Waals surface area contributed by atoms with E-state index in [1.54, 1.807) is 17.7 Å². The molecule has 0 spiro atoms. The Hall–Kier alpha value is -3.89. The number of nitrogens with one attached hydrogen (secondary N) is 1. The van der Waals surface area contributed by atoms with Crippen LogP contribution in [0.5, 0.6) is 0 Å². The lowest BCUT2D eigenvalue weighted by Crippen LogP contribution is -2.22. The topological polar surface area (TPSA) is 97.0 Å². The van der Waals surface area contributed by atoms with E-state index >= 15 is 0 Å². The van der Waals surface area contributed by atoms with Crippen molar-refractivity contribution >= 4 is 35.2 Å². The second kappa shape index (κ2) is 10.2. The molecule has 0 saturated carbocycles. The number of nitriles is 1. The lowest BCUT2D eigenvalue weighted by molar-refractivity contribution is -0.142. The molecule has 7 nitrogen and oxygen atoms in total. The summed E-state index contributed by atoms with van der Waals surface area (Å²) in [6.45, 7) is 6.80. The van der Waals surface area contributed by atoms with Gasteiger partial charge in [-0.05, 0) is 63.1 Å². The van der Waals surface area contributed by atoms with Gasteiger partial charge in [0.15, 0.2) is 6.61 Å². The molecule has 0 fully saturated rings. The molecule has 0 aliphatic carbocycles. The molecule has 3 rings (SSSR count). The van der Waals surface area contributed by atoms with Gasteiger partial charge < -0.3 is 10.1 Å². The first-order valence-corrected chi connectivity index (χ1v) is 10.6. The Bertz CT molecular complexity index is 1260. The van der Waals surface area contributed by atoms with Crippen LogP contribution in [0.15, 0.2) is 48.0 Å². The second-order valence-electron chi connectivity index (χ2n) is 7.56. The number of aryl methyl sites for hydroxylation is 3. The molecule has 1 aromatic heterocycles. The maximum absolute atomic E-state index is 12.5. The SMILES string of the molecule is Cc1cc(C)c(NC(=O)COC(=O)/C(C#N)=C/c2c(C)nn(-c3ccccc3)c2C)c(Cl)c1. The number of anilines is 1. The van der Waals surface area contributed by atoms with Crippen molar-refractivity contribution in [2.75, 3.05) is 11.9 Å². The van der Waals surface area contributed by atoms with Gasteiger partial charge in [-0.15, -0.1) is 0 Å². The maximum Gasteiger partial charge on any atom is 0.349 e. The minimum Gasteiger partial charge on any atom is -0.451 e. The summed E-state index contributed by atoms with van der Waals surface area (Å²) in [6.07, 6.45) is 1.43. The van der Waals surface area contributed by atoms with E-state index in [2.05, 4.69) is 10.4 Å². The number of para-hydroxylation sites is 1. The number of hydrogen-bond donors (Lipinski definition) is 1. The highest BCUT2D eigenvalue weighted by Crippen LogP contribution is 2.27. The number of aromatic nitrogens is 2. The molecule has 0 saturated heterocycles. The minimum atomic E-state index is -0.898. The summed E-state index contributed by atoms with van der Waals surface area (Å²) in [7, 11) is 0. The fraction of sp³-hybridized carbons (Fsp3) is 0.200. The molecule has 0 aliphatic heterocycles. The lowest BCUT2D eigenvalue weighted by Gasteiger charge is -2.11. The molecule has 168 valence electrons. The van der Waals surface area contributed by atoms with Gasteiger partial charge in [0.1, 0.15) is 11.6 Å². The highest BCUT2D eigenvalue weighted by atomic mass is 35.5. The number of rotatable bonds is 6. The van der Waals surface area contributed by atoms with E-state index in [1.165, 1.54) is 6.08 Å². The number of benzene rings is 2. The molecule has 1 heterocycles. The van der Waals surface area contributed by atoms with E-state index in [0.29, 0.717) is 22.0 Å². The van der Waals surface area contributed by atoms with Gasteiger partial charge in [-0.2, -0.15) is 10.4 Å². The molecule has 33 heavy (non-hydrogen) atoms. The van der Waals surface area contributed by atoms with E-state index < -0.39 is 18.5 Å². The summed E-state index contributed by atoms with van der Waals surface area (Å²) in [5.74, 6) is -1.45. The number of ether oxygens (including phenoxy) is 1. The quantitative estimate of drug-likeness (QED) is 0.321. The molecule has 3 aromatic rings. The standard InChI is InChI=1S/C25H23ClN4O3/c1-15-10-16(2)24(22(26)11-15)28-23(31)14-33-25(32)19(13-27)12-21-17(3)29-30(18(21)4)20-8-6-5-7-9-20/h5-12H,14H2,1-4H3,(H,28,31)/b19-12+. The summed E-state index contributed by atoms with van der Waals surface area (Å²) in [5.41, 5.74) is 4.90. The number of halogens is 1. The predicted molar refractivity (Wildman–Crippen MR) is 127 cm³/mol. The van der Waals surface area contributed by atoms with Crippen molar-refractivity contribution in [1.82, 2.24) is 9.78 Å². The van der Waals surface area contributed by atoms with E-state index in [1.807, 2.05) is 63.2 Å². The molecule has 1 amide bonds. The van der Waals surface area contributed by atoms with Crippen LogP contribution in [-0.2, 0) is 14.3 Å². The highest BCUT2D eigenvalue weighted by Gasteiger charge is 2.18. The summed E-state index contributed by atoms with van der Waals surface area (Å²) < 4.78 is 6.80. The van der Waals surface area contributed by atoms with Crippen LogP contribution < -0.4 is 5.32 Å². The van der Waals surface area contributed by atoms with Crippen molar-refractivity contribution in [1.29, 1.82) is 5.26 Å². The molecular weight excluding hydrogens is 440 g/mol. The Balaban J connectivity index is 1.73. The van der Waals surface area contributed by atoms with Crippen molar-refractivity contribution in [3.8, 4) is 11.8 Å². The third kappa shape index (κ3) is 5.48. The van der Waals surface area contributed by atoms with E-state index in [-0.39, 0.29) is 5.57 Å². The van der Waals surface area contributed by atoms with Crippen LogP contribution >= 0.6 is 11.6 Å². The Morgan fingerprint density at radius 2 is 1.88 bits per heavy atom. The number of amides is 1. The summed E-state index contributed by atoms with van der Waals surface area (Å²) in [5, 5.41) is 17.0. The van der Waals surface area contributed by atoms with Gasteiger partial charge in [-0.3, -0.25) is 4.79 Å². The Kier molecular flexibility index (Phi) is 7.31. The third-order valence-electron chi connectivity index (χ3n) is 5.01. The maximum atomic E-state index is 12.5. The normalized spacial score (nSPS) is 11.1. The molecule has 0 radical (unpaired) electrons. The molecule has 2 aromatic carbocycles. The molecule has 0 atom stereocenters. The van der Waals surface area contributed by atoms with Crippen LogP contribution in [0.1, 0.15) is 28.1 Å². The monoisotopic (exact) mass is 462 g/mol. The zero-order valence-electron chi connectivity index (χ0n) is 18.8. The van der Waals surface area contributed by atoms with Gasteiger partial charge in [0, 0.05) is 11.3 Å².